The van der Waals surface area contributed by atoms with Gasteiger partial charge in [-0.2, -0.15) is 0 Å². The van der Waals surface area contributed by atoms with E-state index in [9.17, 15) is 19.5 Å². The lowest BCUT2D eigenvalue weighted by Crippen LogP contribution is -2.69. The Hall–Kier alpha value is -3.09. The van der Waals surface area contributed by atoms with E-state index in [1.165, 1.54) is 36.8 Å². The number of carboxylic acid groups (broad SMARTS) is 1. The highest BCUT2D eigenvalue weighted by molar-refractivity contribution is 5.88. The van der Waals surface area contributed by atoms with Crippen molar-refractivity contribution in [2.75, 3.05) is 26.2 Å². The third-order valence-electron chi connectivity index (χ3n) is 16.5. The maximum absolute atomic E-state index is 14.0. The van der Waals surface area contributed by atoms with Crippen molar-refractivity contribution in [3.8, 4) is 0 Å². The lowest BCUT2D eigenvalue weighted by molar-refractivity contribution is -0.218. The van der Waals surface area contributed by atoms with Crippen LogP contribution in [0, 0.1) is 51.2 Å². The maximum atomic E-state index is 14.0. The van der Waals surface area contributed by atoms with Gasteiger partial charge in [-0.05, 0) is 139 Å². The lowest BCUT2D eigenvalue weighted by atomic mass is 9.33. The third kappa shape index (κ3) is 5.05. The number of carboxylic acids is 1. The number of benzene rings is 1. The number of allylic oxidation sites excluding steroid dienone is 3. The highest BCUT2D eigenvalue weighted by Gasteiger charge is 2.70. The largest absolute Gasteiger partial charge is 0.478 e. The number of urea groups is 1. The number of carbonyl (C=O) groups excluding carboxylic acids is 2. The molecule has 7 rings (SSSR count). The molecule has 1 saturated heterocycles. The fraction of sp³-hybridized carbons (Fsp3) is 0.698. The number of hydrogen-bond donors (Lipinski definition) is 2. The molecule has 50 heavy (non-hydrogen) atoms. The minimum atomic E-state index is -0.879. The van der Waals surface area contributed by atoms with Crippen molar-refractivity contribution in [1.29, 1.82) is 0 Å². The highest BCUT2D eigenvalue weighted by Crippen LogP contribution is 2.76. The molecule has 9 unspecified atom stereocenters. The number of nitrogens with zero attached hydrogens (tertiary/aromatic N) is 2. The summed E-state index contributed by atoms with van der Waals surface area (Å²) in [5, 5.41) is 13.2. The minimum Gasteiger partial charge on any atom is -0.478 e. The lowest BCUT2D eigenvalue weighted by Gasteiger charge is -2.72. The molecule has 1 aliphatic heterocycles. The molecule has 5 aliphatic carbocycles. The van der Waals surface area contributed by atoms with Crippen LogP contribution >= 0.6 is 0 Å². The molecule has 2 N–H and O–H groups in total. The molecule has 0 bridgehead atoms. The Labute approximate surface area is 300 Å². The first-order valence-corrected chi connectivity index (χ1v) is 19.5. The molecule has 1 aromatic carbocycles. The van der Waals surface area contributed by atoms with E-state index in [4.69, 9.17) is 0 Å². The quantitative estimate of drug-likeness (QED) is 0.311. The van der Waals surface area contributed by atoms with E-state index in [1.54, 1.807) is 19.1 Å². The van der Waals surface area contributed by atoms with E-state index < -0.39 is 5.97 Å². The van der Waals surface area contributed by atoms with Gasteiger partial charge in [0.05, 0.1) is 5.56 Å². The summed E-state index contributed by atoms with van der Waals surface area (Å²) in [5.74, 6) is 1.73. The number of aromatic carboxylic acids is 1. The van der Waals surface area contributed by atoms with E-state index >= 15 is 0 Å². The van der Waals surface area contributed by atoms with Gasteiger partial charge in [0.1, 0.15) is 0 Å². The second-order valence-corrected chi connectivity index (χ2v) is 18.7. The van der Waals surface area contributed by atoms with Gasteiger partial charge in [-0.15, -0.1) is 0 Å². The number of carbonyl (C=O) groups is 3. The van der Waals surface area contributed by atoms with Gasteiger partial charge in [0.2, 0.25) is 5.91 Å². The van der Waals surface area contributed by atoms with Gasteiger partial charge in [-0.1, -0.05) is 65.0 Å². The summed E-state index contributed by atoms with van der Waals surface area (Å²) in [6, 6.07) is 7.59. The third-order valence-corrected chi connectivity index (χ3v) is 16.5. The topological polar surface area (TPSA) is 90.0 Å². The number of piperazine rings is 1. The van der Waals surface area contributed by atoms with Gasteiger partial charge in [0.25, 0.3) is 0 Å². The van der Waals surface area contributed by atoms with Crippen molar-refractivity contribution >= 4 is 23.5 Å². The molecule has 4 saturated carbocycles. The number of amides is 3. The summed E-state index contributed by atoms with van der Waals surface area (Å²) in [4.78, 5) is 41.3. The Bertz CT molecular complexity index is 1610. The van der Waals surface area contributed by atoms with Crippen LogP contribution in [0.4, 0.5) is 4.79 Å². The van der Waals surface area contributed by atoms with Crippen LogP contribution in [0.1, 0.15) is 122 Å². The fourth-order valence-electron chi connectivity index (χ4n) is 13.8. The Balaban J connectivity index is 1.17. The second-order valence-electron chi connectivity index (χ2n) is 18.7. The van der Waals surface area contributed by atoms with Gasteiger partial charge in [0, 0.05) is 38.6 Å². The van der Waals surface area contributed by atoms with Gasteiger partial charge in [0.15, 0.2) is 0 Å². The van der Waals surface area contributed by atoms with Crippen LogP contribution in [0.3, 0.4) is 0 Å². The summed E-state index contributed by atoms with van der Waals surface area (Å²) in [6.45, 7) is 23.6. The standard InChI is InChI=1S/C43H61N3O4/c1-27(2)31-15-20-43(44-38(50)46-25-23-45(24-26-46)28(3)47)22-21-41(7)33(36(31)43)13-14-35-40(6)18-16-32(29-9-11-30(12-10-29)37(48)49)39(4,5)34(40)17-19-42(35,41)8/h9-12,16,31,33-36H,1,13-15,17-26H2,2-8H3,(H,44,50)(H,48,49). The zero-order chi connectivity index (χ0) is 36.0. The first kappa shape index (κ1) is 35.3. The molecule has 5 fully saturated rings. The number of nitrogens with one attached hydrogen (secondary N) is 1. The van der Waals surface area contributed by atoms with Gasteiger partial charge in [-0.3, -0.25) is 4.79 Å². The SMILES string of the molecule is C=C(C)C1CCC2(NC(=O)N3CCN(C(C)=O)CC3)CCC3(C)C(CCC4C5(C)CC=C(c6ccc(C(=O)O)cc6)C(C)(C)C5CCC43C)C12. The van der Waals surface area contributed by atoms with E-state index in [-0.39, 0.29) is 39.1 Å². The predicted octanol–water partition coefficient (Wildman–Crippen LogP) is 8.66. The summed E-state index contributed by atoms with van der Waals surface area (Å²) in [7, 11) is 0. The molecule has 1 heterocycles. The molecule has 1 aromatic rings. The molecular formula is C43H61N3O4. The Morgan fingerprint density at radius 3 is 2.08 bits per heavy atom. The average molecular weight is 684 g/mol. The van der Waals surface area contributed by atoms with Crippen molar-refractivity contribution in [3.05, 3.63) is 53.6 Å². The van der Waals surface area contributed by atoms with Crippen LogP contribution in [0.25, 0.3) is 5.57 Å². The van der Waals surface area contributed by atoms with E-state index in [2.05, 4.69) is 59.5 Å². The fourth-order valence-corrected chi connectivity index (χ4v) is 13.8. The molecule has 0 aromatic heterocycles. The van der Waals surface area contributed by atoms with Crippen LogP contribution in [0.2, 0.25) is 0 Å². The van der Waals surface area contributed by atoms with Crippen molar-refractivity contribution in [1.82, 2.24) is 15.1 Å². The van der Waals surface area contributed by atoms with Crippen LogP contribution in [-0.2, 0) is 4.79 Å². The van der Waals surface area contributed by atoms with Crippen molar-refractivity contribution in [2.24, 2.45) is 51.2 Å². The van der Waals surface area contributed by atoms with Crippen molar-refractivity contribution < 1.29 is 19.5 Å². The summed E-state index contributed by atoms with van der Waals surface area (Å²) < 4.78 is 0. The summed E-state index contributed by atoms with van der Waals surface area (Å²) in [5.41, 5.74) is 4.48. The van der Waals surface area contributed by atoms with Gasteiger partial charge in [-0.25, -0.2) is 9.59 Å². The van der Waals surface area contributed by atoms with Crippen molar-refractivity contribution in [3.63, 3.8) is 0 Å². The van der Waals surface area contributed by atoms with Crippen LogP contribution in [0.15, 0.2) is 42.5 Å². The second kappa shape index (κ2) is 12.0. The van der Waals surface area contributed by atoms with Crippen LogP contribution in [-0.4, -0.2) is 64.5 Å². The summed E-state index contributed by atoms with van der Waals surface area (Å²) >= 11 is 0. The highest BCUT2D eigenvalue weighted by atomic mass is 16.4. The van der Waals surface area contributed by atoms with E-state index in [0.717, 1.165) is 37.7 Å². The molecular weight excluding hydrogens is 622 g/mol. The molecule has 7 heteroatoms. The molecule has 7 nitrogen and oxygen atoms in total. The van der Waals surface area contributed by atoms with E-state index in [1.807, 2.05) is 21.9 Å². The predicted molar refractivity (Wildman–Crippen MR) is 198 cm³/mol. The normalized spacial score (nSPS) is 40.4. The molecule has 6 aliphatic rings. The van der Waals surface area contributed by atoms with Crippen LogP contribution < -0.4 is 5.32 Å². The molecule has 9 atom stereocenters. The molecule has 0 spiro atoms. The Kier molecular flexibility index (Phi) is 8.46. The van der Waals surface area contributed by atoms with Gasteiger partial charge >= 0.3 is 12.0 Å². The zero-order valence-corrected chi connectivity index (χ0v) is 31.7. The number of hydrogen-bond acceptors (Lipinski definition) is 3. The first-order chi connectivity index (χ1) is 23.5. The van der Waals surface area contributed by atoms with Crippen LogP contribution in [0.5, 0.6) is 0 Å². The first-order valence-electron chi connectivity index (χ1n) is 19.5. The number of rotatable bonds is 4. The molecule has 0 radical (unpaired) electrons. The molecule has 272 valence electrons. The minimum absolute atomic E-state index is 0.0186. The Morgan fingerprint density at radius 1 is 0.800 bits per heavy atom. The van der Waals surface area contributed by atoms with E-state index in [0.29, 0.717) is 61.3 Å². The molecule has 3 amide bonds. The van der Waals surface area contributed by atoms with Crippen molar-refractivity contribution in [2.45, 2.75) is 112 Å². The monoisotopic (exact) mass is 683 g/mol. The summed E-state index contributed by atoms with van der Waals surface area (Å²) in [6.07, 6.45) is 12.7. The smallest absolute Gasteiger partial charge is 0.335 e. The Morgan fingerprint density at radius 2 is 1.46 bits per heavy atom. The average Bonchev–Trinajstić information content (AvgIpc) is 3.44. The van der Waals surface area contributed by atoms with Gasteiger partial charge < -0.3 is 20.2 Å². The number of fused-ring (bicyclic) bond motifs is 7. The maximum Gasteiger partial charge on any atom is 0.335 e. The zero-order valence-electron chi connectivity index (χ0n) is 31.7.